The van der Waals surface area contributed by atoms with Gasteiger partial charge in [0.1, 0.15) is 6.07 Å². The topological polar surface area (TPSA) is 57.9 Å². The molecule has 1 heterocycles. The van der Waals surface area contributed by atoms with Crippen molar-refractivity contribution in [3.8, 4) is 6.07 Å². The lowest BCUT2D eigenvalue weighted by Crippen LogP contribution is -2.33. The largest absolute Gasteiger partial charge is 0.381 e. The first-order valence-corrected chi connectivity index (χ1v) is 6.16. The van der Waals surface area contributed by atoms with Crippen LogP contribution in [0.15, 0.2) is 6.07 Å². The molecule has 0 aliphatic heterocycles. The van der Waals surface area contributed by atoms with Gasteiger partial charge < -0.3 is 10.1 Å². The molecule has 0 saturated heterocycles. The van der Waals surface area contributed by atoms with Gasteiger partial charge in [0, 0.05) is 18.8 Å². The molecule has 0 atom stereocenters. The van der Waals surface area contributed by atoms with Gasteiger partial charge in [-0.1, -0.05) is 0 Å². The third kappa shape index (κ3) is 3.71. The normalized spacial score (nSPS) is 11.1. The van der Waals surface area contributed by atoms with E-state index in [4.69, 9.17) is 10.00 Å². The van der Waals surface area contributed by atoms with Crippen LogP contribution in [-0.2, 0) is 4.74 Å². The van der Waals surface area contributed by atoms with Gasteiger partial charge in [0.2, 0.25) is 0 Å². The Morgan fingerprint density at radius 2 is 2.11 bits per heavy atom. The highest BCUT2D eigenvalue weighted by molar-refractivity contribution is 5.59. The second-order valence-electron chi connectivity index (χ2n) is 4.93. The number of nitrogens with one attached hydrogen (secondary N) is 1. The molecule has 0 bridgehead atoms. The molecule has 0 amide bonds. The van der Waals surface area contributed by atoms with Crippen molar-refractivity contribution < 1.29 is 4.74 Å². The van der Waals surface area contributed by atoms with Gasteiger partial charge in [0.25, 0.3) is 0 Å². The number of pyridine rings is 1. The molecular weight excluding hydrogens is 226 g/mol. The molecule has 0 aromatic carbocycles. The Bertz CT molecular complexity index is 461. The Morgan fingerprint density at radius 3 is 2.67 bits per heavy atom. The second kappa shape index (κ2) is 5.83. The number of hydrogen-bond acceptors (Lipinski definition) is 4. The van der Waals surface area contributed by atoms with Crippen molar-refractivity contribution in [2.24, 2.45) is 0 Å². The van der Waals surface area contributed by atoms with Crippen molar-refractivity contribution >= 4 is 5.69 Å². The standard InChI is InChI=1S/C14H21N3O/c1-6-18-14(4,5)9-16-13-7-10(2)17-11(3)12(13)8-15/h7H,6,9H2,1-5H3,(H,16,17). The lowest BCUT2D eigenvalue weighted by atomic mass is 10.1. The van der Waals surface area contributed by atoms with E-state index in [0.717, 1.165) is 17.1 Å². The van der Waals surface area contributed by atoms with Crippen LogP contribution in [0.5, 0.6) is 0 Å². The highest BCUT2D eigenvalue weighted by atomic mass is 16.5. The summed E-state index contributed by atoms with van der Waals surface area (Å²) in [5, 5.41) is 12.4. The number of aryl methyl sites for hydroxylation is 2. The van der Waals surface area contributed by atoms with Gasteiger partial charge in [-0.2, -0.15) is 5.26 Å². The van der Waals surface area contributed by atoms with E-state index < -0.39 is 0 Å². The maximum absolute atomic E-state index is 9.16. The lowest BCUT2D eigenvalue weighted by Gasteiger charge is -2.26. The number of nitriles is 1. The van der Waals surface area contributed by atoms with Gasteiger partial charge in [-0.15, -0.1) is 0 Å². The second-order valence-corrected chi connectivity index (χ2v) is 4.93. The third-order valence-corrected chi connectivity index (χ3v) is 2.68. The lowest BCUT2D eigenvalue weighted by molar-refractivity contribution is 0.000692. The van der Waals surface area contributed by atoms with Crippen molar-refractivity contribution in [3.05, 3.63) is 23.0 Å². The van der Waals surface area contributed by atoms with Crippen LogP contribution in [0.4, 0.5) is 5.69 Å². The fourth-order valence-electron chi connectivity index (χ4n) is 1.86. The first-order valence-electron chi connectivity index (χ1n) is 6.16. The predicted molar refractivity (Wildman–Crippen MR) is 72.6 cm³/mol. The van der Waals surface area contributed by atoms with Crippen molar-refractivity contribution in [2.75, 3.05) is 18.5 Å². The summed E-state index contributed by atoms with van der Waals surface area (Å²) >= 11 is 0. The number of anilines is 1. The van der Waals surface area contributed by atoms with Gasteiger partial charge in [-0.25, -0.2) is 0 Å². The van der Waals surface area contributed by atoms with Crippen LogP contribution in [0.1, 0.15) is 37.7 Å². The summed E-state index contributed by atoms with van der Waals surface area (Å²) < 4.78 is 5.62. The molecule has 1 aromatic heterocycles. The van der Waals surface area contributed by atoms with Crippen LogP contribution in [0.25, 0.3) is 0 Å². The number of ether oxygens (including phenoxy) is 1. The molecule has 0 unspecified atom stereocenters. The Kier molecular flexibility index (Phi) is 4.69. The quantitative estimate of drug-likeness (QED) is 0.869. The van der Waals surface area contributed by atoms with Crippen molar-refractivity contribution in [3.63, 3.8) is 0 Å². The van der Waals surface area contributed by atoms with Crippen molar-refractivity contribution in [1.82, 2.24) is 4.98 Å². The van der Waals surface area contributed by atoms with Crippen LogP contribution in [0, 0.1) is 25.2 Å². The summed E-state index contributed by atoms with van der Waals surface area (Å²) in [6, 6.07) is 4.09. The SMILES string of the molecule is CCOC(C)(C)CNc1cc(C)nc(C)c1C#N. The molecule has 4 heteroatoms. The van der Waals surface area contributed by atoms with E-state index in [1.807, 2.05) is 40.7 Å². The minimum absolute atomic E-state index is 0.257. The summed E-state index contributed by atoms with van der Waals surface area (Å²) in [7, 11) is 0. The average Bonchev–Trinajstić information content (AvgIpc) is 2.26. The summed E-state index contributed by atoms with van der Waals surface area (Å²) in [6.45, 7) is 11.1. The fourth-order valence-corrected chi connectivity index (χ4v) is 1.86. The minimum Gasteiger partial charge on any atom is -0.381 e. The molecule has 0 saturated carbocycles. The van der Waals surface area contributed by atoms with Gasteiger partial charge in [0.15, 0.2) is 0 Å². The average molecular weight is 247 g/mol. The van der Waals surface area contributed by atoms with E-state index in [1.165, 1.54) is 0 Å². The molecule has 0 spiro atoms. The molecule has 4 nitrogen and oxygen atoms in total. The molecule has 0 fully saturated rings. The van der Waals surface area contributed by atoms with Crippen LogP contribution >= 0.6 is 0 Å². The molecule has 18 heavy (non-hydrogen) atoms. The number of nitrogens with zero attached hydrogens (tertiary/aromatic N) is 2. The number of rotatable bonds is 5. The van der Waals surface area contributed by atoms with Crippen LogP contribution in [0.3, 0.4) is 0 Å². The van der Waals surface area contributed by atoms with E-state index in [1.54, 1.807) is 0 Å². The zero-order valence-corrected chi connectivity index (χ0v) is 11.8. The third-order valence-electron chi connectivity index (χ3n) is 2.68. The first-order chi connectivity index (χ1) is 8.39. The summed E-state index contributed by atoms with van der Waals surface area (Å²) in [4.78, 5) is 4.29. The smallest absolute Gasteiger partial charge is 0.103 e. The Labute approximate surface area is 109 Å². The molecule has 0 aliphatic carbocycles. The molecule has 0 aliphatic rings. The molecule has 1 aromatic rings. The monoisotopic (exact) mass is 247 g/mol. The summed E-state index contributed by atoms with van der Waals surface area (Å²) in [5.74, 6) is 0. The van der Waals surface area contributed by atoms with Crippen molar-refractivity contribution in [1.29, 1.82) is 5.26 Å². The van der Waals surface area contributed by atoms with Crippen LogP contribution in [0.2, 0.25) is 0 Å². The maximum Gasteiger partial charge on any atom is 0.103 e. The Morgan fingerprint density at radius 1 is 1.44 bits per heavy atom. The first kappa shape index (κ1) is 14.5. The van der Waals surface area contributed by atoms with Crippen LogP contribution in [-0.4, -0.2) is 23.7 Å². The highest BCUT2D eigenvalue weighted by Crippen LogP contribution is 2.20. The molecular formula is C14H21N3O. The Hall–Kier alpha value is -1.60. The molecule has 0 radical (unpaired) electrons. The fraction of sp³-hybridized carbons (Fsp3) is 0.571. The number of hydrogen-bond donors (Lipinski definition) is 1. The van der Waals surface area contributed by atoms with Gasteiger partial charge >= 0.3 is 0 Å². The zero-order valence-electron chi connectivity index (χ0n) is 11.8. The summed E-state index contributed by atoms with van der Waals surface area (Å²) in [5.41, 5.74) is 2.84. The van der Waals surface area contributed by atoms with Gasteiger partial charge in [0.05, 0.1) is 22.5 Å². The minimum atomic E-state index is -0.257. The van der Waals surface area contributed by atoms with Gasteiger partial charge in [-0.05, 0) is 40.7 Å². The number of aromatic nitrogens is 1. The molecule has 98 valence electrons. The summed E-state index contributed by atoms with van der Waals surface area (Å²) in [6.07, 6.45) is 0. The van der Waals surface area contributed by atoms with E-state index in [-0.39, 0.29) is 5.60 Å². The highest BCUT2D eigenvalue weighted by Gasteiger charge is 2.18. The maximum atomic E-state index is 9.16. The van der Waals surface area contributed by atoms with Crippen molar-refractivity contribution in [2.45, 2.75) is 40.2 Å². The molecule has 1 N–H and O–H groups in total. The predicted octanol–water partition coefficient (Wildman–Crippen LogP) is 2.80. The zero-order chi connectivity index (χ0) is 13.8. The van der Waals surface area contributed by atoms with Gasteiger partial charge in [-0.3, -0.25) is 4.98 Å². The van der Waals surface area contributed by atoms with Crippen LogP contribution < -0.4 is 5.32 Å². The molecule has 1 rings (SSSR count). The van der Waals surface area contributed by atoms with E-state index in [2.05, 4.69) is 16.4 Å². The van der Waals surface area contributed by atoms with E-state index in [9.17, 15) is 0 Å². The van der Waals surface area contributed by atoms with E-state index >= 15 is 0 Å². The Balaban J connectivity index is 2.88. The van der Waals surface area contributed by atoms with E-state index in [0.29, 0.717) is 18.7 Å².